The zero-order valence-corrected chi connectivity index (χ0v) is 12.8. The Kier molecular flexibility index (Phi) is 3.75. The fourth-order valence-electron chi connectivity index (χ4n) is 2.63. The zero-order chi connectivity index (χ0) is 14.8. The van der Waals surface area contributed by atoms with Crippen LogP contribution in [0.3, 0.4) is 0 Å². The summed E-state index contributed by atoms with van der Waals surface area (Å²) < 4.78 is 3.91. The topological polar surface area (TPSA) is 47.7 Å². The van der Waals surface area contributed by atoms with Gasteiger partial charge in [-0.3, -0.25) is 9.36 Å². The van der Waals surface area contributed by atoms with Crippen molar-refractivity contribution in [2.45, 2.75) is 26.9 Å². The van der Waals surface area contributed by atoms with Crippen LogP contribution in [0.5, 0.6) is 0 Å². The van der Waals surface area contributed by atoms with E-state index in [2.05, 4.69) is 53.8 Å². The van der Waals surface area contributed by atoms with Crippen LogP contribution >= 0.6 is 0 Å². The van der Waals surface area contributed by atoms with Crippen molar-refractivity contribution in [1.82, 2.24) is 24.9 Å². The number of hydrogen-bond acceptors (Lipinski definition) is 3. The van der Waals surface area contributed by atoms with Gasteiger partial charge in [0.25, 0.3) is 0 Å². The Balaban J connectivity index is 1.88. The van der Waals surface area contributed by atoms with E-state index < -0.39 is 0 Å². The lowest BCUT2D eigenvalue weighted by Gasteiger charge is -1.99. The zero-order valence-electron chi connectivity index (χ0n) is 12.8. The van der Waals surface area contributed by atoms with Gasteiger partial charge in [-0.05, 0) is 19.5 Å². The molecule has 0 unspecified atom stereocenters. The molecule has 0 aliphatic rings. The van der Waals surface area contributed by atoms with Crippen molar-refractivity contribution in [3.63, 3.8) is 0 Å². The third kappa shape index (κ3) is 2.69. The molecular weight excluding hydrogens is 262 g/mol. The SMILES string of the molecule is CCNCc1cn(Cc2nn(C)c3ccccc23)nc1C. The largest absolute Gasteiger partial charge is 0.313 e. The highest BCUT2D eigenvalue weighted by atomic mass is 15.3. The minimum Gasteiger partial charge on any atom is -0.313 e. The van der Waals surface area contributed by atoms with Crippen LogP contribution in [0, 0.1) is 6.92 Å². The predicted molar refractivity (Wildman–Crippen MR) is 84.2 cm³/mol. The maximum Gasteiger partial charge on any atom is 0.0918 e. The van der Waals surface area contributed by atoms with Crippen LogP contribution in [0.15, 0.2) is 30.5 Å². The lowest BCUT2D eigenvalue weighted by Crippen LogP contribution is -2.11. The maximum atomic E-state index is 4.63. The summed E-state index contributed by atoms with van der Waals surface area (Å²) in [6.07, 6.45) is 2.11. The Morgan fingerprint density at radius 3 is 2.81 bits per heavy atom. The fraction of sp³-hybridized carbons (Fsp3) is 0.375. The Morgan fingerprint density at radius 2 is 2.00 bits per heavy atom. The highest BCUT2D eigenvalue weighted by Gasteiger charge is 2.10. The van der Waals surface area contributed by atoms with E-state index in [1.54, 1.807) is 0 Å². The standard InChI is InChI=1S/C16H21N5/c1-4-17-9-13-10-21(18-12(13)2)11-15-14-7-5-6-8-16(14)20(3)19-15/h5-8,10,17H,4,9,11H2,1-3H3. The van der Waals surface area contributed by atoms with Crippen LogP contribution < -0.4 is 5.32 Å². The van der Waals surface area contributed by atoms with Crippen LogP contribution in [-0.4, -0.2) is 26.1 Å². The van der Waals surface area contributed by atoms with Crippen molar-refractivity contribution < 1.29 is 0 Å². The molecule has 3 aromatic rings. The minimum atomic E-state index is 0.703. The predicted octanol–water partition coefficient (Wildman–Crippen LogP) is 2.24. The number of nitrogens with zero attached hydrogens (tertiary/aromatic N) is 4. The average molecular weight is 283 g/mol. The molecule has 5 heteroatoms. The van der Waals surface area contributed by atoms with Gasteiger partial charge in [0.05, 0.1) is 23.4 Å². The van der Waals surface area contributed by atoms with Gasteiger partial charge < -0.3 is 5.32 Å². The first kappa shape index (κ1) is 13.8. The number of rotatable bonds is 5. The summed E-state index contributed by atoms with van der Waals surface area (Å²) in [6, 6.07) is 8.31. The highest BCUT2D eigenvalue weighted by molar-refractivity contribution is 5.81. The Labute approximate surface area is 124 Å². The van der Waals surface area contributed by atoms with Gasteiger partial charge in [0.2, 0.25) is 0 Å². The van der Waals surface area contributed by atoms with E-state index in [-0.39, 0.29) is 0 Å². The molecule has 3 rings (SSSR count). The van der Waals surface area contributed by atoms with E-state index in [9.17, 15) is 0 Å². The number of nitrogens with one attached hydrogen (secondary N) is 1. The fourth-order valence-corrected chi connectivity index (χ4v) is 2.63. The van der Waals surface area contributed by atoms with Crippen LogP contribution in [0.1, 0.15) is 23.9 Å². The molecule has 0 atom stereocenters. The molecule has 0 saturated carbocycles. The average Bonchev–Trinajstić information content (AvgIpc) is 2.99. The first-order chi connectivity index (χ1) is 10.2. The molecule has 0 spiro atoms. The van der Waals surface area contributed by atoms with E-state index in [0.29, 0.717) is 6.54 Å². The van der Waals surface area contributed by atoms with E-state index in [0.717, 1.165) is 30.0 Å². The van der Waals surface area contributed by atoms with Gasteiger partial charge in [0.1, 0.15) is 0 Å². The molecule has 0 radical (unpaired) electrons. The van der Waals surface area contributed by atoms with Crippen molar-refractivity contribution in [3.8, 4) is 0 Å². The molecule has 0 fully saturated rings. The molecule has 0 aliphatic carbocycles. The molecule has 110 valence electrons. The lowest BCUT2D eigenvalue weighted by atomic mass is 10.2. The first-order valence-corrected chi connectivity index (χ1v) is 7.33. The van der Waals surface area contributed by atoms with E-state index in [1.807, 2.05) is 22.5 Å². The second-order valence-corrected chi connectivity index (χ2v) is 5.31. The first-order valence-electron chi connectivity index (χ1n) is 7.33. The van der Waals surface area contributed by atoms with Crippen LogP contribution in [0.4, 0.5) is 0 Å². The van der Waals surface area contributed by atoms with Crippen molar-refractivity contribution in [1.29, 1.82) is 0 Å². The Morgan fingerprint density at radius 1 is 1.19 bits per heavy atom. The van der Waals surface area contributed by atoms with Crippen molar-refractivity contribution in [3.05, 3.63) is 47.4 Å². The van der Waals surface area contributed by atoms with Gasteiger partial charge in [-0.15, -0.1) is 0 Å². The number of fused-ring (bicyclic) bond motifs is 1. The Hall–Kier alpha value is -2.14. The summed E-state index contributed by atoms with van der Waals surface area (Å²) in [5, 5.41) is 13.8. The monoisotopic (exact) mass is 283 g/mol. The van der Waals surface area contributed by atoms with Gasteiger partial charge in [0, 0.05) is 30.7 Å². The minimum absolute atomic E-state index is 0.703. The summed E-state index contributed by atoms with van der Waals surface area (Å²) in [6.45, 7) is 6.70. The summed E-state index contributed by atoms with van der Waals surface area (Å²) in [4.78, 5) is 0. The number of benzene rings is 1. The van der Waals surface area contributed by atoms with Gasteiger partial charge in [-0.2, -0.15) is 10.2 Å². The van der Waals surface area contributed by atoms with E-state index in [1.165, 1.54) is 10.9 Å². The van der Waals surface area contributed by atoms with Gasteiger partial charge >= 0.3 is 0 Å². The van der Waals surface area contributed by atoms with Crippen molar-refractivity contribution in [2.24, 2.45) is 7.05 Å². The van der Waals surface area contributed by atoms with Crippen molar-refractivity contribution in [2.75, 3.05) is 6.54 Å². The van der Waals surface area contributed by atoms with Gasteiger partial charge in [-0.25, -0.2) is 0 Å². The molecule has 21 heavy (non-hydrogen) atoms. The molecule has 1 N–H and O–H groups in total. The number of para-hydroxylation sites is 1. The molecule has 2 heterocycles. The molecule has 0 amide bonds. The highest BCUT2D eigenvalue weighted by Crippen LogP contribution is 2.18. The molecule has 1 aromatic carbocycles. The quantitative estimate of drug-likeness (QED) is 0.781. The second kappa shape index (κ2) is 5.69. The lowest BCUT2D eigenvalue weighted by molar-refractivity contribution is 0.649. The Bertz CT molecular complexity index is 753. The molecule has 2 aromatic heterocycles. The molecular formula is C16H21N5. The second-order valence-electron chi connectivity index (χ2n) is 5.31. The summed E-state index contributed by atoms with van der Waals surface area (Å²) in [5.41, 5.74) is 4.54. The van der Waals surface area contributed by atoms with Gasteiger partial charge in [-0.1, -0.05) is 25.1 Å². The molecule has 5 nitrogen and oxygen atoms in total. The van der Waals surface area contributed by atoms with Crippen LogP contribution in [0.2, 0.25) is 0 Å². The molecule has 0 aliphatic heterocycles. The molecule has 0 bridgehead atoms. The number of aromatic nitrogens is 4. The smallest absolute Gasteiger partial charge is 0.0918 e. The number of hydrogen-bond donors (Lipinski definition) is 1. The van der Waals surface area contributed by atoms with Crippen LogP contribution in [0.25, 0.3) is 10.9 Å². The number of aryl methyl sites for hydroxylation is 2. The third-order valence-corrected chi connectivity index (χ3v) is 3.76. The maximum absolute atomic E-state index is 4.63. The summed E-state index contributed by atoms with van der Waals surface area (Å²) >= 11 is 0. The third-order valence-electron chi connectivity index (χ3n) is 3.76. The van der Waals surface area contributed by atoms with Crippen LogP contribution in [-0.2, 0) is 20.1 Å². The van der Waals surface area contributed by atoms with E-state index in [4.69, 9.17) is 0 Å². The summed E-state index contributed by atoms with van der Waals surface area (Å²) in [7, 11) is 1.98. The van der Waals surface area contributed by atoms with E-state index >= 15 is 0 Å². The van der Waals surface area contributed by atoms with Crippen molar-refractivity contribution >= 4 is 10.9 Å². The molecule has 0 saturated heterocycles. The van der Waals surface area contributed by atoms with Gasteiger partial charge in [0.15, 0.2) is 0 Å². The summed E-state index contributed by atoms with van der Waals surface area (Å²) in [5.74, 6) is 0. The normalized spacial score (nSPS) is 11.4.